The first-order chi connectivity index (χ1) is 4.54. The maximum atomic E-state index is 9.55. The highest BCUT2D eigenvalue weighted by Gasteiger charge is 2.37. The molecule has 60 valence electrons. The second-order valence-corrected chi connectivity index (χ2v) is 4.10. The highest BCUT2D eigenvalue weighted by molar-refractivity contribution is 4.88. The van der Waals surface area contributed by atoms with Gasteiger partial charge in [-0.1, -0.05) is 13.3 Å². The average molecular weight is 142 g/mol. The van der Waals surface area contributed by atoms with E-state index in [0.717, 1.165) is 5.92 Å². The van der Waals surface area contributed by atoms with Gasteiger partial charge in [-0.25, -0.2) is 0 Å². The summed E-state index contributed by atoms with van der Waals surface area (Å²) in [6.45, 7) is 6.07. The van der Waals surface area contributed by atoms with E-state index in [9.17, 15) is 5.11 Å². The Balaban J connectivity index is 2.26. The van der Waals surface area contributed by atoms with Crippen molar-refractivity contribution in [3.05, 3.63) is 0 Å². The van der Waals surface area contributed by atoms with Gasteiger partial charge in [-0.15, -0.1) is 0 Å². The molecule has 0 aromatic heterocycles. The lowest BCUT2D eigenvalue weighted by molar-refractivity contribution is -0.0434. The first kappa shape index (κ1) is 8.06. The van der Waals surface area contributed by atoms with E-state index in [1.807, 2.05) is 13.8 Å². The lowest BCUT2D eigenvalue weighted by Crippen LogP contribution is -2.40. The van der Waals surface area contributed by atoms with Gasteiger partial charge in [0, 0.05) is 0 Å². The van der Waals surface area contributed by atoms with Crippen molar-refractivity contribution in [3.8, 4) is 0 Å². The first-order valence-electron chi connectivity index (χ1n) is 4.26. The highest BCUT2D eigenvalue weighted by Crippen LogP contribution is 2.42. The van der Waals surface area contributed by atoms with Crippen LogP contribution in [0.5, 0.6) is 0 Å². The van der Waals surface area contributed by atoms with Crippen molar-refractivity contribution in [1.82, 2.24) is 0 Å². The van der Waals surface area contributed by atoms with Gasteiger partial charge in [0.15, 0.2) is 0 Å². The quantitative estimate of drug-likeness (QED) is 0.626. The average Bonchev–Trinajstić information content (AvgIpc) is 1.57. The summed E-state index contributed by atoms with van der Waals surface area (Å²) in [4.78, 5) is 0. The summed E-state index contributed by atoms with van der Waals surface area (Å²) in [6.07, 6.45) is 3.76. The van der Waals surface area contributed by atoms with Crippen molar-refractivity contribution < 1.29 is 5.11 Å². The maximum absolute atomic E-state index is 9.55. The van der Waals surface area contributed by atoms with Gasteiger partial charge < -0.3 is 5.11 Å². The lowest BCUT2D eigenvalue weighted by atomic mass is 9.67. The highest BCUT2D eigenvalue weighted by atomic mass is 16.3. The van der Waals surface area contributed by atoms with Crippen LogP contribution in [0.15, 0.2) is 0 Å². The Morgan fingerprint density at radius 2 is 1.90 bits per heavy atom. The molecule has 0 unspecified atom stereocenters. The molecule has 1 heteroatoms. The zero-order chi connectivity index (χ0) is 7.78. The topological polar surface area (TPSA) is 20.2 Å². The Kier molecular flexibility index (Phi) is 2.04. The van der Waals surface area contributed by atoms with Gasteiger partial charge >= 0.3 is 0 Å². The van der Waals surface area contributed by atoms with Gasteiger partial charge in [-0.2, -0.15) is 0 Å². The molecule has 1 aliphatic carbocycles. The van der Waals surface area contributed by atoms with Gasteiger partial charge in [0.05, 0.1) is 5.60 Å². The molecule has 1 nitrogen and oxygen atoms in total. The van der Waals surface area contributed by atoms with Gasteiger partial charge in [0.1, 0.15) is 0 Å². The molecular weight excluding hydrogens is 124 g/mol. The Labute approximate surface area is 63.4 Å². The van der Waals surface area contributed by atoms with Gasteiger partial charge in [0.25, 0.3) is 0 Å². The van der Waals surface area contributed by atoms with E-state index in [-0.39, 0.29) is 0 Å². The fourth-order valence-corrected chi connectivity index (χ4v) is 1.65. The third-order valence-electron chi connectivity index (χ3n) is 2.81. The molecule has 0 amide bonds. The van der Waals surface area contributed by atoms with E-state index >= 15 is 0 Å². The largest absolute Gasteiger partial charge is 0.390 e. The normalized spacial score (nSPS) is 33.6. The molecule has 1 N–H and O–H groups in total. The van der Waals surface area contributed by atoms with E-state index in [0.29, 0.717) is 5.92 Å². The number of hydrogen-bond acceptors (Lipinski definition) is 1. The zero-order valence-electron chi connectivity index (χ0n) is 7.22. The maximum Gasteiger partial charge on any atom is 0.0620 e. The minimum atomic E-state index is -0.425. The van der Waals surface area contributed by atoms with Gasteiger partial charge in [0.2, 0.25) is 0 Å². The van der Waals surface area contributed by atoms with Crippen LogP contribution >= 0.6 is 0 Å². The van der Waals surface area contributed by atoms with E-state index in [1.165, 1.54) is 19.3 Å². The minimum Gasteiger partial charge on any atom is -0.390 e. The predicted octanol–water partition coefficient (Wildman–Crippen LogP) is 2.19. The molecule has 0 radical (unpaired) electrons. The summed E-state index contributed by atoms with van der Waals surface area (Å²) in [6, 6.07) is 0. The van der Waals surface area contributed by atoms with Crippen molar-refractivity contribution in [3.63, 3.8) is 0 Å². The summed E-state index contributed by atoms with van der Waals surface area (Å²) < 4.78 is 0. The molecule has 0 spiro atoms. The first-order valence-corrected chi connectivity index (χ1v) is 4.26. The van der Waals surface area contributed by atoms with Crippen LogP contribution in [0.1, 0.15) is 40.0 Å². The Bertz CT molecular complexity index is 106. The molecule has 1 aliphatic rings. The second-order valence-electron chi connectivity index (χ2n) is 4.10. The third-order valence-corrected chi connectivity index (χ3v) is 2.81. The fraction of sp³-hybridized carbons (Fsp3) is 1.00. The van der Waals surface area contributed by atoms with E-state index in [2.05, 4.69) is 6.92 Å². The molecule has 1 rings (SSSR count). The van der Waals surface area contributed by atoms with Crippen molar-refractivity contribution in [2.24, 2.45) is 11.8 Å². The van der Waals surface area contributed by atoms with Crippen molar-refractivity contribution in [2.45, 2.75) is 45.6 Å². The lowest BCUT2D eigenvalue weighted by Gasteiger charge is -2.42. The molecule has 0 heterocycles. The summed E-state index contributed by atoms with van der Waals surface area (Å²) >= 11 is 0. The van der Waals surface area contributed by atoms with Crippen LogP contribution in [0.3, 0.4) is 0 Å². The molecule has 0 aromatic rings. The Hall–Kier alpha value is -0.0400. The minimum absolute atomic E-state index is 0.425. The van der Waals surface area contributed by atoms with Crippen LogP contribution in [0.25, 0.3) is 0 Å². The predicted molar refractivity (Wildman–Crippen MR) is 42.8 cm³/mol. The van der Waals surface area contributed by atoms with Crippen LogP contribution in [0.2, 0.25) is 0 Å². The van der Waals surface area contributed by atoms with Crippen LogP contribution in [-0.2, 0) is 0 Å². The molecule has 0 atom stereocenters. The smallest absolute Gasteiger partial charge is 0.0620 e. The van der Waals surface area contributed by atoms with E-state index in [4.69, 9.17) is 0 Å². The summed E-state index contributed by atoms with van der Waals surface area (Å²) in [7, 11) is 0. The van der Waals surface area contributed by atoms with Crippen LogP contribution < -0.4 is 0 Å². The number of hydrogen-bond donors (Lipinski definition) is 1. The van der Waals surface area contributed by atoms with Gasteiger partial charge in [-0.3, -0.25) is 0 Å². The summed E-state index contributed by atoms with van der Waals surface area (Å²) in [5, 5.41) is 9.55. The van der Waals surface area contributed by atoms with E-state index < -0.39 is 5.60 Å². The molecule has 0 aliphatic heterocycles. The molecule has 10 heavy (non-hydrogen) atoms. The van der Waals surface area contributed by atoms with Crippen molar-refractivity contribution >= 4 is 0 Å². The molecule has 1 fully saturated rings. The molecule has 0 aromatic carbocycles. The summed E-state index contributed by atoms with van der Waals surface area (Å²) in [5.74, 6) is 1.47. The number of rotatable bonds is 2. The SMILES string of the molecule is CCC1CC(C(C)(C)O)C1. The zero-order valence-corrected chi connectivity index (χ0v) is 7.22. The monoisotopic (exact) mass is 142 g/mol. The van der Waals surface area contributed by atoms with Crippen molar-refractivity contribution in [2.75, 3.05) is 0 Å². The Morgan fingerprint density at radius 1 is 1.40 bits per heavy atom. The third kappa shape index (κ3) is 1.51. The second kappa shape index (κ2) is 2.54. The molecular formula is C9H18O. The van der Waals surface area contributed by atoms with Crippen molar-refractivity contribution in [1.29, 1.82) is 0 Å². The standard InChI is InChI=1S/C9H18O/c1-4-7-5-8(6-7)9(2,3)10/h7-8,10H,4-6H2,1-3H3. The molecule has 0 saturated heterocycles. The molecule has 1 saturated carbocycles. The van der Waals surface area contributed by atoms with Gasteiger partial charge in [-0.05, 0) is 38.5 Å². The van der Waals surface area contributed by atoms with E-state index in [1.54, 1.807) is 0 Å². The summed E-state index contributed by atoms with van der Waals surface area (Å²) in [5.41, 5.74) is -0.425. The fourth-order valence-electron chi connectivity index (χ4n) is 1.65. The Morgan fingerprint density at radius 3 is 2.20 bits per heavy atom. The molecule has 0 bridgehead atoms. The number of aliphatic hydroxyl groups is 1. The van der Waals surface area contributed by atoms with Crippen LogP contribution in [0.4, 0.5) is 0 Å². The van der Waals surface area contributed by atoms with Crippen LogP contribution in [0, 0.1) is 11.8 Å². The van der Waals surface area contributed by atoms with Crippen LogP contribution in [-0.4, -0.2) is 10.7 Å².